The van der Waals surface area contributed by atoms with Crippen molar-refractivity contribution in [3.63, 3.8) is 0 Å². The number of rotatable bonds is 5. The maximum Gasteiger partial charge on any atom is 0.416 e. The average Bonchev–Trinajstić information content (AvgIpc) is 2.51. The number of aliphatic hydroxyl groups excluding tert-OH is 1. The molecule has 0 aromatic heterocycles. The van der Waals surface area contributed by atoms with E-state index in [1.807, 2.05) is 0 Å². The lowest BCUT2D eigenvalue weighted by molar-refractivity contribution is -0.137. The molecule has 0 unspecified atom stereocenters. The number of hydrogen-bond acceptors (Lipinski definition) is 3. The minimum absolute atomic E-state index is 0.253. The van der Waals surface area contributed by atoms with Crippen molar-refractivity contribution in [3.8, 4) is 0 Å². The van der Waals surface area contributed by atoms with Gasteiger partial charge in [0.2, 0.25) is 0 Å². The lowest BCUT2D eigenvalue weighted by atomic mass is 10.1. The average molecular weight is 348 g/mol. The van der Waals surface area contributed by atoms with E-state index in [1.165, 1.54) is 0 Å². The second kappa shape index (κ2) is 7.94. The van der Waals surface area contributed by atoms with Gasteiger partial charge in [0, 0.05) is 25.2 Å². The third-order valence-electron chi connectivity index (χ3n) is 3.98. The highest BCUT2D eigenvalue weighted by molar-refractivity contribution is 5.94. The van der Waals surface area contributed by atoms with Gasteiger partial charge in [0.15, 0.2) is 0 Å². The molecule has 0 radical (unpaired) electrons. The molecule has 1 aromatic carbocycles. The van der Waals surface area contributed by atoms with Gasteiger partial charge in [0.1, 0.15) is 5.82 Å². The highest BCUT2D eigenvalue weighted by atomic mass is 19.4. The molecule has 0 bridgehead atoms. The van der Waals surface area contributed by atoms with E-state index in [0.717, 1.165) is 38.5 Å². The summed E-state index contributed by atoms with van der Waals surface area (Å²) in [6, 6.07) is 1.79. The Balaban J connectivity index is 1.81. The molecule has 2 rings (SSSR count). The van der Waals surface area contributed by atoms with Gasteiger partial charge in [-0.25, -0.2) is 4.39 Å². The molecule has 1 aliphatic rings. The Bertz CT molecular complexity index is 570. The molecular weight excluding hydrogens is 328 g/mol. The van der Waals surface area contributed by atoms with Crippen LogP contribution in [-0.4, -0.2) is 48.2 Å². The molecule has 134 valence electrons. The molecule has 0 spiro atoms. The van der Waals surface area contributed by atoms with Crippen LogP contribution in [0.1, 0.15) is 35.2 Å². The Morgan fingerprint density at radius 2 is 1.92 bits per heavy atom. The predicted octanol–water partition coefficient (Wildman–Crippen LogP) is 2.42. The summed E-state index contributed by atoms with van der Waals surface area (Å²) in [6.45, 7) is 2.58. The summed E-state index contributed by atoms with van der Waals surface area (Å²) in [5.41, 5.74) is -1.53. The lowest BCUT2D eigenvalue weighted by Gasteiger charge is -2.29. The third-order valence-corrected chi connectivity index (χ3v) is 3.98. The van der Waals surface area contributed by atoms with Crippen molar-refractivity contribution in [2.24, 2.45) is 0 Å². The number of piperidine rings is 1. The van der Waals surface area contributed by atoms with Crippen LogP contribution in [0.4, 0.5) is 17.6 Å². The second-order valence-electron chi connectivity index (χ2n) is 5.91. The zero-order valence-electron chi connectivity index (χ0n) is 13.1. The lowest BCUT2D eigenvalue weighted by Crippen LogP contribution is -2.37. The van der Waals surface area contributed by atoms with Crippen molar-refractivity contribution in [2.75, 3.05) is 26.2 Å². The molecule has 1 fully saturated rings. The summed E-state index contributed by atoms with van der Waals surface area (Å²) >= 11 is 0. The second-order valence-corrected chi connectivity index (χ2v) is 5.91. The van der Waals surface area contributed by atoms with Crippen LogP contribution in [0.3, 0.4) is 0 Å². The van der Waals surface area contributed by atoms with Gasteiger partial charge in [-0.3, -0.25) is 4.79 Å². The minimum atomic E-state index is -4.70. The Labute approximate surface area is 137 Å². The molecule has 1 aromatic rings. The first kappa shape index (κ1) is 18.7. The van der Waals surface area contributed by atoms with Gasteiger partial charge in [0.25, 0.3) is 5.91 Å². The first-order valence-corrected chi connectivity index (χ1v) is 7.82. The van der Waals surface area contributed by atoms with Crippen molar-refractivity contribution in [1.82, 2.24) is 10.2 Å². The van der Waals surface area contributed by atoms with Crippen LogP contribution in [0.15, 0.2) is 18.2 Å². The number of hydrogen-bond donors (Lipinski definition) is 2. The molecule has 1 heterocycles. The van der Waals surface area contributed by atoms with E-state index in [0.29, 0.717) is 18.6 Å². The van der Waals surface area contributed by atoms with Gasteiger partial charge in [-0.1, -0.05) is 0 Å². The number of halogens is 4. The van der Waals surface area contributed by atoms with Gasteiger partial charge >= 0.3 is 6.18 Å². The van der Waals surface area contributed by atoms with Crippen LogP contribution in [0.5, 0.6) is 0 Å². The molecule has 4 nitrogen and oxygen atoms in total. The van der Waals surface area contributed by atoms with Crippen LogP contribution in [0.25, 0.3) is 0 Å². The maximum atomic E-state index is 13.3. The largest absolute Gasteiger partial charge is 0.416 e. The van der Waals surface area contributed by atoms with E-state index >= 15 is 0 Å². The predicted molar refractivity (Wildman–Crippen MR) is 80.0 cm³/mol. The van der Waals surface area contributed by atoms with Gasteiger partial charge in [-0.2, -0.15) is 13.2 Å². The monoisotopic (exact) mass is 348 g/mol. The Hall–Kier alpha value is -1.67. The number of carbonyl (C=O) groups excluding carboxylic acids is 1. The number of amides is 1. The van der Waals surface area contributed by atoms with Crippen molar-refractivity contribution in [1.29, 1.82) is 0 Å². The maximum absolute atomic E-state index is 13.3. The summed E-state index contributed by atoms with van der Waals surface area (Å²) in [5, 5.41) is 11.9. The molecule has 0 saturated carbocycles. The number of nitrogens with one attached hydrogen (secondary N) is 1. The fourth-order valence-electron chi connectivity index (χ4n) is 2.63. The summed E-state index contributed by atoms with van der Waals surface area (Å²) < 4.78 is 51.2. The van der Waals surface area contributed by atoms with Crippen molar-refractivity contribution >= 4 is 5.91 Å². The minimum Gasteiger partial charge on any atom is -0.393 e. The molecule has 1 amide bonds. The van der Waals surface area contributed by atoms with Crippen molar-refractivity contribution in [3.05, 3.63) is 35.1 Å². The first-order valence-electron chi connectivity index (χ1n) is 7.82. The number of alkyl halides is 3. The van der Waals surface area contributed by atoms with Crippen LogP contribution in [0, 0.1) is 5.82 Å². The molecule has 24 heavy (non-hydrogen) atoms. The summed E-state index contributed by atoms with van der Waals surface area (Å²) in [4.78, 5) is 14.0. The van der Waals surface area contributed by atoms with Gasteiger partial charge < -0.3 is 15.3 Å². The molecular formula is C16H20F4N2O2. The quantitative estimate of drug-likeness (QED) is 0.635. The summed E-state index contributed by atoms with van der Waals surface area (Å²) in [7, 11) is 0. The summed E-state index contributed by atoms with van der Waals surface area (Å²) in [6.07, 6.45) is -2.89. The molecule has 1 aliphatic heterocycles. The van der Waals surface area contributed by atoms with Gasteiger partial charge in [-0.05, 0) is 44.0 Å². The van der Waals surface area contributed by atoms with E-state index < -0.39 is 23.5 Å². The van der Waals surface area contributed by atoms with E-state index in [9.17, 15) is 27.5 Å². The van der Waals surface area contributed by atoms with Crippen LogP contribution in [0.2, 0.25) is 0 Å². The Kier molecular flexibility index (Phi) is 6.17. The third kappa shape index (κ3) is 5.45. The summed E-state index contributed by atoms with van der Waals surface area (Å²) in [5.74, 6) is -1.82. The molecule has 0 atom stereocenters. The van der Waals surface area contributed by atoms with Crippen LogP contribution < -0.4 is 5.32 Å². The topological polar surface area (TPSA) is 52.6 Å². The fourth-order valence-corrected chi connectivity index (χ4v) is 2.63. The zero-order valence-corrected chi connectivity index (χ0v) is 13.1. The number of nitrogens with zero attached hydrogens (tertiary/aromatic N) is 1. The van der Waals surface area contributed by atoms with E-state index in [-0.39, 0.29) is 18.2 Å². The first-order chi connectivity index (χ1) is 11.3. The molecule has 1 saturated heterocycles. The highest BCUT2D eigenvalue weighted by Crippen LogP contribution is 2.30. The van der Waals surface area contributed by atoms with E-state index in [1.54, 1.807) is 0 Å². The molecule has 0 aliphatic carbocycles. The zero-order chi connectivity index (χ0) is 17.7. The number of benzene rings is 1. The van der Waals surface area contributed by atoms with Gasteiger partial charge in [-0.15, -0.1) is 0 Å². The smallest absolute Gasteiger partial charge is 0.393 e. The Morgan fingerprint density at radius 1 is 1.25 bits per heavy atom. The van der Waals surface area contributed by atoms with E-state index in [2.05, 4.69) is 10.2 Å². The van der Waals surface area contributed by atoms with Crippen molar-refractivity contribution < 1.29 is 27.5 Å². The standard InChI is InChI=1S/C16H20F4N2O2/c17-13-9-11(8-12(10-13)16(18,19)20)15(24)21-4-1-5-22-6-2-14(23)3-7-22/h8-10,14,23H,1-7H2,(H,21,24). The van der Waals surface area contributed by atoms with Crippen LogP contribution in [-0.2, 0) is 6.18 Å². The number of likely N-dealkylation sites (tertiary alicyclic amines) is 1. The normalized spacial score (nSPS) is 17.0. The molecule has 8 heteroatoms. The van der Waals surface area contributed by atoms with Crippen molar-refractivity contribution in [2.45, 2.75) is 31.5 Å². The Morgan fingerprint density at radius 3 is 2.54 bits per heavy atom. The van der Waals surface area contributed by atoms with Gasteiger partial charge in [0.05, 0.1) is 11.7 Å². The number of carbonyl (C=O) groups is 1. The van der Waals surface area contributed by atoms with Crippen LogP contribution >= 0.6 is 0 Å². The fraction of sp³-hybridized carbons (Fsp3) is 0.562. The van der Waals surface area contributed by atoms with E-state index in [4.69, 9.17) is 0 Å². The SMILES string of the molecule is O=C(NCCCN1CCC(O)CC1)c1cc(F)cc(C(F)(F)F)c1. The molecule has 2 N–H and O–H groups in total. The highest BCUT2D eigenvalue weighted by Gasteiger charge is 2.32. The number of aliphatic hydroxyl groups is 1.